The van der Waals surface area contributed by atoms with E-state index in [4.69, 9.17) is 0 Å². The summed E-state index contributed by atoms with van der Waals surface area (Å²) >= 11 is 0. The summed E-state index contributed by atoms with van der Waals surface area (Å²) in [5.74, 6) is -0.573. The molecule has 0 spiro atoms. The summed E-state index contributed by atoms with van der Waals surface area (Å²) in [4.78, 5) is 32.8. The molecule has 2 aromatic rings. The van der Waals surface area contributed by atoms with Gasteiger partial charge in [0.05, 0.1) is 9.85 Å². The van der Waals surface area contributed by atoms with Gasteiger partial charge in [0.1, 0.15) is 23.6 Å². The molecule has 0 aliphatic rings. The van der Waals surface area contributed by atoms with E-state index in [0.29, 0.717) is 0 Å². The third-order valence-electron chi connectivity index (χ3n) is 3.22. The van der Waals surface area contributed by atoms with E-state index in [0.717, 1.165) is 10.9 Å². The Labute approximate surface area is 130 Å². The molecular formula is C13H13N5O5. The van der Waals surface area contributed by atoms with Crippen molar-refractivity contribution in [2.45, 2.75) is 19.9 Å². The molecule has 1 heterocycles. The Morgan fingerprint density at radius 3 is 2.39 bits per heavy atom. The highest BCUT2D eigenvalue weighted by molar-refractivity contribution is 5.95. The van der Waals surface area contributed by atoms with E-state index >= 15 is 0 Å². The monoisotopic (exact) mass is 319 g/mol. The van der Waals surface area contributed by atoms with Gasteiger partial charge in [-0.3, -0.25) is 29.7 Å². The van der Waals surface area contributed by atoms with Crippen molar-refractivity contribution < 1.29 is 14.6 Å². The van der Waals surface area contributed by atoms with Crippen LogP contribution >= 0.6 is 0 Å². The van der Waals surface area contributed by atoms with Gasteiger partial charge in [0.25, 0.3) is 5.69 Å². The minimum absolute atomic E-state index is 0.0488. The van der Waals surface area contributed by atoms with E-state index in [9.17, 15) is 25.0 Å². The van der Waals surface area contributed by atoms with Crippen LogP contribution in [-0.2, 0) is 4.79 Å². The molecule has 1 amide bonds. The Morgan fingerprint density at radius 1 is 1.22 bits per heavy atom. The van der Waals surface area contributed by atoms with E-state index in [1.54, 1.807) is 6.07 Å². The maximum absolute atomic E-state index is 12.2. The topological polar surface area (TPSA) is 133 Å². The number of nitro benzene ring substituents is 1. The second kappa shape index (κ2) is 6.22. The standard InChI is InChI=1S/C13H13N5O5/c1-8-12(18(22)23)7-16(15-8)9(2)13(19)14-10-5-3-4-6-11(10)17(20)21/h3-7,9H,1-2H3,(H,14,19). The van der Waals surface area contributed by atoms with Crippen LogP contribution in [0.25, 0.3) is 0 Å². The van der Waals surface area contributed by atoms with Gasteiger partial charge in [-0.05, 0) is 19.9 Å². The number of carbonyl (C=O) groups excluding carboxylic acids is 1. The molecule has 10 heteroatoms. The minimum Gasteiger partial charge on any atom is -0.319 e. The number of aromatic nitrogens is 2. The SMILES string of the molecule is Cc1nn(C(C)C(=O)Nc2ccccc2[N+](=O)[O-])cc1[N+](=O)[O-]. The number of nitrogens with zero attached hydrogens (tertiary/aromatic N) is 4. The van der Waals surface area contributed by atoms with Crippen molar-refractivity contribution in [3.8, 4) is 0 Å². The van der Waals surface area contributed by atoms with Crippen LogP contribution < -0.4 is 5.32 Å². The predicted octanol–water partition coefficient (Wildman–Crippen LogP) is 2.21. The molecule has 1 atom stereocenters. The van der Waals surface area contributed by atoms with E-state index in [-0.39, 0.29) is 22.8 Å². The van der Waals surface area contributed by atoms with Crippen LogP contribution in [0.3, 0.4) is 0 Å². The van der Waals surface area contributed by atoms with Gasteiger partial charge < -0.3 is 5.32 Å². The van der Waals surface area contributed by atoms with Gasteiger partial charge in [-0.15, -0.1) is 0 Å². The molecule has 0 aliphatic carbocycles. The van der Waals surface area contributed by atoms with Gasteiger partial charge in [0.15, 0.2) is 0 Å². The molecule has 0 fully saturated rings. The zero-order valence-corrected chi connectivity index (χ0v) is 12.3. The fourth-order valence-corrected chi connectivity index (χ4v) is 1.95. The average molecular weight is 319 g/mol. The van der Waals surface area contributed by atoms with Crippen molar-refractivity contribution >= 4 is 23.0 Å². The molecule has 0 bridgehead atoms. The highest BCUT2D eigenvalue weighted by Crippen LogP contribution is 2.25. The third-order valence-corrected chi connectivity index (χ3v) is 3.22. The number of carbonyl (C=O) groups is 1. The van der Waals surface area contributed by atoms with Gasteiger partial charge >= 0.3 is 5.69 Å². The molecule has 1 aromatic heterocycles. The fourth-order valence-electron chi connectivity index (χ4n) is 1.95. The molecule has 0 saturated heterocycles. The number of para-hydroxylation sites is 2. The van der Waals surface area contributed by atoms with Crippen molar-refractivity contribution in [1.82, 2.24) is 9.78 Å². The molecular weight excluding hydrogens is 306 g/mol. The Kier molecular flexibility index (Phi) is 4.35. The zero-order valence-electron chi connectivity index (χ0n) is 12.3. The normalized spacial score (nSPS) is 11.7. The highest BCUT2D eigenvalue weighted by Gasteiger charge is 2.24. The van der Waals surface area contributed by atoms with Crippen LogP contribution in [0.5, 0.6) is 0 Å². The zero-order chi connectivity index (χ0) is 17.1. The van der Waals surface area contributed by atoms with Gasteiger partial charge in [-0.2, -0.15) is 5.10 Å². The smallest absolute Gasteiger partial charge is 0.309 e. The van der Waals surface area contributed by atoms with Crippen molar-refractivity contribution in [2.75, 3.05) is 5.32 Å². The number of hydrogen-bond acceptors (Lipinski definition) is 6. The molecule has 10 nitrogen and oxygen atoms in total. The number of aryl methyl sites for hydroxylation is 1. The Balaban J connectivity index is 2.23. The lowest BCUT2D eigenvalue weighted by molar-refractivity contribution is -0.385. The second-order valence-corrected chi connectivity index (χ2v) is 4.78. The average Bonchev–Trinajstić information content (AvgIpc) is 2.88. The summed E-state index contributed by atoms with van der Waals surface area (Å²) in [7, 11) is 0. The van der Waals surface area contributed by atoms with Gasteiger partial charge in [0.2, 0.25) is 5.91 Å². The number of benzene rings is 1. The number of nitro groups is 2. The van der Waals surface area contributed by atoms with Gasteiger partial charge in [-0.25, -0.2) is 0 Å². The summed E-state index contributed by atoms with van der Waals surface area (Å²) in [6.07, 6.45) is 1.15. The first-order valence-corrected chi connectivity index (χ1v) is 6.55. The molecule has 0 radical (unpaired) electrons. The molecule has 1 unspecified atom stereocenters. The van der Waals surface area contributed by atoms with Crippen molar-refractivity contribution in [3.05, 3.63) is 56.4 Å². The molecule has 2 rings (SSSR count). The van der Waals surface area contributed by atoms with Gasteiger partial charge in [-0.1, -0.05) is 12.1 Å². The highest BCUT2D eigenvalue weighted by atomic mass is 16.6. The van der Waals surface area contributed by atoms with Crippen LogP contribution in [0.15, 0.2) is 30.5 Å². The summed E-state index contributed by atoms with van der Waals surface area (Å²) < 4.78 is 1.15. The summed E-state index contributed by atoms with van der Waals surface area (Å²) in [5, 5.41) is 28.1. The van der Waals surface area contributed by atoms with Crippen LogP contribution in [-0.4, -0.2) is 25.5 Å². The lowest BCUT2D eigenvalue weighted by atomic mass is 10.2. The molecule has 23 heavy (non-hydrogen) atoms. The summed E-state index contributed by atoms with van der Waals surface area (Å²) in [6.45, 7) is 2.95. The molecule has 120 valence electrons. The number of rotatable bonds is 5. The van der Waals surface area contributed by atoms with Crippen molar-refractivity contribution in [1.29, 1.82) is 0 Å². The Morgan fingerprint density at radius 2 is 1.83 bits per heavy atom. The maximum Gasteiger partial charge on any atom is 0.309 e. The quantitative estimate of drug-likeness (QED) is 0.663. The van der Waals surface area contributed by atoms with Crippen LogP contribution in [0.4, 0.5) is 17.1 Å². The second-order valence-electron chi connectivity index (χ2n) is 4.78. The molecule has 0 aliphatic heterocycles. The first kappa shape index (κ1) is 16.1. The van der Waals surface area contributed by atoms with Crippen molar-refractivity contribution in [3.63, 3.8) is 0 Å². The molecule has 1 N–H and O–H groups in total. The fraction of sp³-hybridized carbons (Fsp3) is 0.231. The Hall–Kier alpha value is -3.30. The summed E-state index contributed by atoms with van der Waals surface area (Å²) in [5.41, 5.74) is -0.209. The third kappa shape index (κ3) is 3.31. The van der Waals surface area contributed by atoms with Crippen LogP contribution in [0.1, 0.15) is 18.7 Å². The minimum atomic E-state index is -0.873. The first-order valence-electron chi connectivity index (χ1n) is 6.55. The molecule has 1 aromatic carbocycles. The first-order chi connectivity index (χ1) is 10.8. The van der Waals surface area contributed by atoms with E-state index in [1.807, 2.05) is 0 Å². The van der Waals surface area contributed by atoms with E-state index in [1.165, 1.54) is 32.0 Å². The van der Waals surface area contributed by atoms with Gasteiger partial charge in [0, 0.05) is 6.07 Å². The largest absolute Gasteiger partial charge is 0.319 e. The van der Waals surface area contributed by atoms with E-state index in [2.05, 4.69) is 10.4 Å². The molecule has 0 saturated carbocycles. The summed E-state index contributed by atoms with van der Waals surface area (Å²) in [6, 6.07) is 4.83. The van der Waals surface area contributed by atoms with Crippen molar-refractivity contribution in [2.24, 2.45) is 0 Å². The van der Waals surface area contributed by atoms with E-state index < -0.39 is 21.8 Å². The predicted molar refractivity (Wildman–Crippen MR) is 80.1 cm³/mol. The number of hydrogen-bond donors (Lipinski definition) is 1. The Bertz CT molecular complexity index is 785. The number of anilines is 1. The van der Waals surface area contributed by atoms with Crippen LogP contribution in [0.2, 0.25) is 0 Å². The maximum atomic E-state index is 12.2. The lowest BCUT2D eigenvalue weighted by Gasteiger charge is -2.12. The lowest BCUT2D eigenvalue weighted by Crippen LogP contribution is -2.24. The van der Waals surface area contributed by atoms with Crippen LogP contribution in [0, 0.1) is 27.2 Å². The number of nitrogens with one attached hydrogen (secondary N) is 1. The number of amides is 1.